The Hall–Kier alpha value is -1.61. The quantitative estimate of drug-likeness (QED) is 0.341. The van der Waals surface area contributed by atoms with Gasteiger partial charge < -0.3 is 29.8 Å². The van der Waals surface area contributed by atoms with Crippen LogP contribution >= 0.6 is 15.6 Å². The zero-order valence-electron chi connectivity index (χ0n) is 16.2. The van der Waals surface area contributed by atoms with Crippen molar-refractivity contribution in [3.63, 3.8) is 0 Å². The van der Waals surface area contributed by atoms with Gasteiger partial charge >= 0.3 is 15.6 Å². The molecular weight excluding hydrogens is 470 g/mol. The predicted molar refractivity (Wildman–Crippen MR) is 98.0 cm³/mol. The van der Waals surface area contributed by atoms with Gasteiger partial charge in [-0.1, -0.05) is 0 Å². The van der Waals surface area contributed by atoms with Gasteiger partial charge in [-0.15, -0.1) is 0 Å². The number of phosphoric acid groups is 2. The molecule has 1 aliphatic heterocycles. The van der Waals surface area contributed by atoms with Crippen molar-refractivity contribution in [3.05, 3.63) is 12.2 Å². The van der Waals surface area contributed by atoms with Crippen LogP contribution in [0.15, 0.2) is 6.33 Å². The van der Waals surface area contributed by atoms with Crippen molar-refractivity contribution in [1.82, 2.24) is 19.5 Å². The van der Waals surface area contributed by atoms with Crippen LogP contribution in [-0.2, 0) is 22.7 Å². The number of phosphoric ester groups is 1. The van der Waals surface area contributed by atoms with Crippen LogP contribution in [0.2, 0.25) is 0 Å². The number of aliphatic hydroxyl groups is 1. The van der Waals surface area contributed by atoms with Gasteiger partial charge in [-0.05, 0) is 13.8 Å². The molecule has 2 aromatic heterocycles. The van der Waals surface area contributed by atoms with Gasteiger partial charge in [-0.3, -0.25) is 9.09 Å². The number of aryl methyl sites for hydroxylation is 1. The fourth-order valence-electron chi connectivity index (χ4n) is 3.06. The molecule has 174 valence electrons. The molecule has 1 aliphatic rings. The molecule has 2 aromatic rings. The van der Waals surface area contributed by atoms with Gasteiger partial charge in [-0.2, -0.15) is 4.31 Å². The summed E-state index contributed by atoms with van der Waals surface area (Å²) in [5.74, 6) is -2.84. The number of hydrogen-bond donors (Lipinski definition) is 5. The Morgan fingerprint density at radius 1 is 1.32 bits per heavy atom. The molecule has 0 aliphatic carbocycles. The molecule has 0 spiro atoms. The third-order valence-corrected chi connectivity index (χ3v) is 6.52. The summed E-state index contributed by atoms with van der Waals surface area (Å²) >= 11 is 0. The monoisotopic (exact) mass is 489 g/mol. The molecule has 0 aromatic carbocycles. The molecule has 3 heterocycles. The van der Waals surface area contributed by atoms with Crippen LogP contribution in [0.5, 0.6) is 0 Å². The molecule has 31 heavy (non-hydrogen) atoms. The lowest BCUT2D eigenvalue weighted by atomic mass is 9.97. The number of fused-ring (bicyclic) bond motifs is 1. The fraction of sp³-hybridized carbons (Fsp3) is 0.615. The summed E-state index contributed by atoms with van der Waals surface area (Å²) in [7, 11) is -9.39. The predicted octanol–water partition coefficient (Wildman–Crippen LogP) is 0.686. The molecule has 0 saturated carbocycles. The van der Waals surface area contributed by atoms with Gasteiger partial charge in [-0.25, -0.2) is 32.9 Å². The number of anilines is 1. The molecule has 5 atom stereocenters. The minimum Gasteiger partial charge on any atom is -0.384 e. The van der Waals surface area contributed by atoms with Crippen molar-refractivity contribution in [2.75, 3.05) is 19.0 Å². The lowest BCUT2D eigenvalue weighted by Gasteiger charge is -2.25. The smallest absolute Gasteiger partial charge is 0.384 e. The molecule has 1 saturated heterocycles. The number of halogens is 2. The third kappa shape index (κ3) is 4.62. The lowest BCUT2D eigenvalue weighted by molar-refractivity contribution is -0.203. The van der Waals surface area contributed by atoms with E-state index in [1.165, 1.54) is 0 Å². The highest BCUT2D eigenvalue weighted by atomic mass is 31.3. The first-order chi connectivity index (χ1) is 14.1. The Kier molecular flexibility index (Phi) is 6.02. The summed E-state index contributed by atoms with van der Waals surface area (Å²) in [6.45, 7) is 0.761. The van der Waals surface area contributed by atoms with Crippen LogP contribution in [0.1, 0.15) is 19.0 Å². The Labute approximate surface area is 173 Å². The van der Waals surface area contributed by atoms with Gasteiger partial charge in [0.25, 0.3) is 5.85 Å². The molecule has 1 fully saturated rings. The second kappa shape index (κ2) is 7.76. The van der Waals surface area contributed by atoms with E-state index >= 15 is 8.78 Å². The van der Waals surface area contributed by atoms with Crippen LogP contribution in [-0.4, -0.2) is 70.6 Å². The van der Waals surface area contributed by atoms with Crippen molar-refractivity contribution in [3.8, 4) is 0 Å². The number of imidazole rings is 1. The van der Waals surface area contributed by atoms with Gasteiger partial charge in [0.2, 0.25) is 0 Å². The average Bonchev–Trinajstić information content (AvgIpc) is 3.11. The van der Waals surface area contributed by atoms with E-state index in [-0.39, 0.29) is 17.0 Å². The van der Waals surface area contributed by atoms with Crippen molar-refractivity contribution in [2.24, 2.45) is 0 Å². The highest BCUT2D eigenvalue weighted by Crippen LogP contribution is 2.59. The summed E-state index contributed by atoms with van der Waals surface area (Å²) in [4.78, 5) is 38.8. The molecular formula is C13H19F2N5O9P2. The molecule has 14 nitrogen and oxygen atoms in total. The number of aromatic nitrogens is 4. The summed E-state index contributed by atoms with van der Waals surface area (Å²) in [6, 6.07) is 0. The zero-order valence-corrected chi connectivity index (χ0v) is 18.0. The lowest BCUT2D eigenvalue weighted by Crippen LogP contribution is -2.46. The first-order valence-electron chi connectivity index (χ1n) is 8.46. The van der Waals surface area contributed by atoms with Crippen LogP contribution in [0.4, 0.5) is 14.6 Å². The molecule has 0 radical (unpaired) electrons. The molecule has 5 N–H and O–H groups in total. The van der Waals surface area contributed by atoms with E-state index in [0.717, 1.165) is 17.8 Å². The Morgan fingerprint density at radius 2 is 1.97 bits per heavy atom. The molecule has 3 rings (SSSR count). The van der Waals surface area contributed by atoms with E-state index in [2.05, 4.69) is 29.1 Å². The van der Waals surface area contributed by atoms with Crippen molar-refractivity contribution in [2.45, 2.75) is 37.7 Å². The number of rotatable bonds is 7. The van der Waals surface area contributed by atoms with E-state index < -0.39 is 46.1 Å². The van der Waals surface area contributed by atoms with Crippen molar-refractivity contribution < 1.29 is 51.3 Å². The molecule has 1 unspecified atom stereocenters. The number of nitrogens with one attached hydrogen (secondary N) is 1. The second-order valence-electron chi connectivity index (χ2n) is 6.82. The third-order valence-electron chi connectivity index (χ3n) is 4.39. The first-order valence-corrected chi connectivity index (χ1v) is 11.5. The average molecular weight is 489 g/mol. The highest BCUT2D eigenvalue weighted by molar-refractivity contribution is 7.60. The van der Waals surface area contributed by atoms with Gasteiger partial charge in [0, 0.05) is 7.05 Å². The summed E-state index contributed by atoms with van der Waals surface area (Å²) in [6.07, 6.45) is -3.33. The summed E-state index contributed by atoms with van der Waals surface area (Å²) in [5, 5.41) is 13.0. The van der Waals surface area contributed by atoms with E-state index in [9.17, 15) is 19.1 Å². The van der Waals surface area contributed by atoms with E-state index in [4.69, 9.17) is 14.5 Å². The van der Waals surface area contributed by atoms with Gasteiger partial charge in [0.15, 0.2) is 35.0 Å². The minimum absolute atomic E-state index is 0.0424. The zero-order chi connectivity index (χ0) is 23.4. The Balaban J connectivity index is 1.93. The molecule has 18 heteroatoms. The second-order valence-corrected chi connectivity index (χ2v) is 9.65. The maximum Gasteiger partial charge on any atom is 0.481 e. The van der Waals surface area contributed by atoms with Gasteiger partial charge in [0.1, 0.15) is 12.4 Å². The van der Waals surface area contributed by atoms with Crippen LogP contribution < -0.4 is 5.32 Å². The van der Waals surface area contributed by atoms with Crippen molar-refractivity contribution >= 4 is 32.6 Å². The number of alkyl halides is 2. The largest absolute Gasteiger partial charge is 0.481 e. The summed E-state index contributed by atoms with van der Waals surface area (Å²) in [5.41, 5.74) is -2.58. The number of ether oxygens (including phenoxy) is 1. The van der Waals surface area contributed by atoms with E-state index in [0.29, 0.717) is 5.82 Å². The number of aliphatic hydroxyl groups excluding tert-OH is 1. The highest BCUT2D eigenvalue weighted by Gasteiger charge is 2.65. The Bertz CT molecular complexity index is 1090. The molecule has 0 amide bonds. The van der Waals surface area contributed by atoms with Crippen molar-refractivity contribution in [1.29, 1.82) is 0 Å². The number of hydrogen-bond acceptors (Lipinski definition) is 10. The van der Waals surface area contributed by atoms with Crippen LogP contribution in [0.25, 0.3) is 11.2 Å². The maximum absolute atomic E-state index is 15.4. The van der Waals surface area contributed by atoms with E-state index in [1.54, 1.807) is 14.0 Å². The minimum atomic E-state index is -5.48. The molecule has 0 bridgehead atoms. The normalized spacial score (nSPS) is 31.1. The SMILES string of the molecule is CNc1nc(C)nc2c1ncn2[C@@H]1O[C@](F)(COP(=O)(O)OP(=O)(O)O)[C@@H](O)[C@@]1(C)F. The van der Waals surface area contributed by atoms with E-state index in [1.807, 2.05) is 0 Å². The Morgan fingerprint density at radius 3 is 2.55 bits per heavy atom. The van der Waals surface area contributed by atoms with Crippen LogP contribution in [0, 0.1) is 6.92 Å². The standard InChI is InChI=1S/C13H19F2N5O9P2/c1-6-18-8(16-3)7-9(19-6)20(5-17-7)11-12(2,14)10(21)13(15,28-11)4-27-31(25,26)29-30(22,23)24/h5,10-11,21H,4H2,1-3H3,(H,25,26)(H,16,18,19)(H2,22,23,24)/t10-,11+,12+,13+/m0/s1. The first kappa shape index (κ1) is 24.0. The summed E-state index contributed by atoms with van der Waals surface area (Å²) < 4.78 is 66.6. The fourth-order valence-corrected chi connectivity index (χ4v) is 4.67. The van der Waals surface area contributed by atoms with Crippen LogP contribution in [0.3, 0.4) is 0 Å². The number of nitrogens with zero attached hydrogens (tertiary/aromatic N) is 4. The van der Waals surface area contributed by atoms with Gasteiger partial charge in [0.05, 0.1) is 6.33 Å². The topological polar surface area (TPSA) is 198 Å². The maximum atomic E-state index is 15.4.